The van der Waals surface area contributed by atoms with E-state index in [0.717, 1.165) is 64.6 Å². The molecule has 1 amide bonds. The molecular formula is C24H27N5OS. The van der Waals surface area contributed by atoms with Crippen LogP contribution in [-0.4, -0.2) is 36.9 Å². The summed E-state index contributed by atoms with van der Waals surface area (Å²) < 4.78 is 3.09. The molecule has 4 aromatic rings. The van der Waals surface area contributed by atoms with Crippen molar-refractivity contribution in [2.75, 3.05) is 6.54 Å². The summed E-state index contributed by atoms with van der Waals surface area (Å²) in [5.41, 5.74) is 6.03. The van der Waals surface area contributed by atoms with Gasteiger partial charge in [-0.3, -0.25) is 4.79 Å². The average molecular weight is 434 g/mol. The number of hydrogen-bond donors (Lipinski definition) is 0. The van der Waals surface area contributed by atoms with Gasteiger partial charge in [-0.15, -0.1) is 11.3 Å². The number of amides is 1. The van der Waals surface area contributed by atoms with Crippen molar-refractivity contribution >= 4 is 33.1 Å². The standard InChI is InChI=1S/C24H27N5OS/c1-15-14-22-25-16(2)18(17(3)29(22)27-15)11-12-23(30)28-13-7-6-9-20(28)24-26-19-8-4-5-10-21(19)31-24/h4-5,8,10,14,20H,6-7,9,11-13H2,1-3H3/t20-/m1/s1. The molecule has 6 nitrogen and oxygen atoms in total. The van der Waals surface area contributed by atoms with Crippen molar-refractivity contribution in [1.82, 2.24) is 24.5 Å². The van der Waals surface area contributed by atoms with Gasteiger partial charge in [0.1, 0.15) is 5.01 Å². The van der Waals surface area contributed by atoms with E-state index in [0.29, 0.717) is 12.8 Å². The average Bonchev–Trinajstić information content (AvgIpc) is 3.36. The van der Waals surface area contributed by atoms with Crippen LogP contribution >= 0.6 is 11.3 Å². The molecule has 1 atom stereocenters. The minimum absolute atomic E-state index is 0.0928. The van der Waals surface area contributed by atoms with E-state index in [1.54, 1.807) is 11.3 Å². The monoisotopic (exact) mass is 433 g/mol. The molecule has 1 aromatic carbocycles. The Morgan fingerprint density at radius 3 is 2.84 bits per heavy atom. The minimum atomic E-state index is 0.0928. The third-order valence-electron chi connectivity index (χ3n) is 6.29. The van der Waals surface area contributed by atoms with Crippen LogP contribution in [-0.2, 0) is 11.2 Å². The van der Waals surface area contributed by atoms with Gasteiger partial charge in [0, 0.05) is 30.4 Å². The lowest BCUT2D eigenvalue weighted by atomic mass is 10.0. The zero-order valence-corrected chi connectivity index (χ0v) is 19.1. The van der Waals surface area contributed by atoms with E-state index in [2.05, 4.69) is 29.1 Å². The number of hydrogen-bond acceptors (Lipinski definition) is 5. The fourth-order valence-electron chi connectivity index (χ4n) is 4.70. The van der Waals surface area contributed by atoms with Crippen molar-refractivity contribution in [3.63, 3.8) is 0 Å². The van der Waals surface area contributed by atoms with Crippen LogP contribution in [0.15, 0.2) is 30.3 Å². The molecule has 1 saturated heterocycles. The molecule has 3 aromatic heterocycles. The van der Waals surface area contributed by atoms with Gasteiger partial charge in [-0.2, -0.15) is 5.10 Å². The van der Waals surface area contributed by atoms with Crippen LogP contribution in [0.1, 0.15) is 59.4 Å². The number of nitrogens with zero attached hydrogens (tertiary/aromatic N) is 5. The van der Waals surface area contributed by atoms with E-state index >= 15 is 0 Å². The van der Waals surface area contributed by atoms with Gasteiger partial charge in [0.2, 0.25) is 5.91 Å². The van der Waals surface area contributed by atoms with Crippen LogP contribution in [0.25, 0.3) is 15.9 Å². The van der Waals surface area contributed by atoms with Crippen LogP contribution in [0.2, 0.25) is 0 Å². The summed E-state index contributed by atoms with van der Waals surface area (Å²) in [7, 11) is 0. The van der Waals surface area contributed by atoms with Gasteiger partial charge in [0.05, 0.1) is 22.0 Å². The van der Waals surface area contributed by atoms with E-state index < -0.39 is 0 Å². The Kier molecular flexibility index (Phi) is 5.22. The van der Waals surface area contributed by atoms with Gasteiger partial charge in [-0.25, -0.2) is 14.5 Å². The second-order valence-electron chi connectivity index (χ2n) is 8.44. The lowest BCUT2D eigenvalue weighted by molar-refractivity contribution is -0.135. The number of carbonyl (C=O) groups excluding carboxylic acids is 1. The maximum atomic E-state index is 13.3. The summed E-state index contributed by atoms with van der Waals surface area (Å²) in [5, 5.41) is 5.62. The van der Waals surface area contributed by atoms with Crippen LogP contribution in [0, 0.1) is 20.8 Å². The van der Waals surface area contributed by atoms with Crippen molar-refractivity contribution in [3.05, 3.63) is 58.0 Å². The van der Waals surface area contributed by atoms with Crippen molar-refractivity contribution in [2.24, 2.45) is 0 Å². The summed E-state index contributed by atoms with van der Waals surface area (Å²) in [6.07, 6.45) is 4.36. The van der Waals surface area contributed by atoms with E-state index in [1.165, 1.54) is 4.70 Å². The number of thiazole rings is 1. The van der Waals surface area contributed by atoms with Gasteiger partial charge in [-0.05, 0) is 64.2 Å². The van der Waals surface area contributed by atoms with Gasteiger partial charge >= 0.3 is 0 Å². The summed E-state index contributed by atoms with van der Waals surface area (Å²) in [5.74, 6) is 0.208. The molecule has 0 unspecified atom stereocenters. The first-order valence-corrected chi connectivity index (χ1v) is 11.8. The normalized spacial score (nSPS) is 17.0. The molecule has 4 heterocycles. The fraction of sp³-hybridized carbons (Fsp3) is 0.417. The number of aryl methyl sites for hydroxylation is 3. The van der Waals surface area contributed by atoms with E-state index in [-0.39, 0.29) is 11.9 Å². The van der Waals surface area contributed by atoms with Gasteiger partial charge < -0.3 is 4.90 Å². The highest BCUT2D eigenvalue weighted by Gasteiger charge is 2.30. The van der Waals surface area contributed by atoms with Gasteiger partial charge in [-0.1, -0.05) is 12.1 Å². The second kappa shape index (κ2) is 8.04. The van der Waals surface area contributed by atoms with Gasteiger partial charge in [0.25, 0.3) is 0 Å². The molecule has 7 heteroatoms. The first-order valence-electron chi connectivity index (χ1n) is 11.0. The molecule has 1 aliphatic heterocycles. The minimum Gasteiger partial charge on any atom is -0.333 e. The molecule has 0 saturated carbocycles. The zero-order valence-electron chi connectivity index (χ0n) is 18.3. The third-order valence-corrected chi connectivity index (χ3v) is 7.43. The summed E-state index contributed by atoms with van der Waals surface area (Å²) in [4.78, 5) is 24.9. The summed E-state index contributed by atoms with van der Waals surface area (Å²) in [6.45, 7) is 6.89. The first kappa shape index (κ1) is 20.1. The molecule has 0 bridgehead atoms. The Labute approximate surface area is 185 Å². The number of benzene rings is 1. The van der Waals surface area contributed by atoms with E-state index in [1.807, 2.05) is 36.6 Å². The lowest BCUT2D eigenvalue weighted by Gasteiger charge is -2.34. The Bertz CT molecular complexity index is 1240. The molecule has 160 valence electrons. The molecule has 1 aliphatic rings. The predicted molar refractivity (Wildman–Crippen MR) is 123 cm³/mol. The highest BCUT2D eigenvalue weighted by Crippen LogP contribution is 2.36. The molecule has 31 heavy (non-hydrogen) atoms. The number of carbonyl (C=O) groups is 1. The Balaban J connectivity index is 1.37. The molecule has 0 spiro atoms. The van der Waals surface area contributed by atoms with E-state index in [4.69, 9.17) is 9.97 Å². The number of fused-ring (bicyclic) bond motifs is 2. The Hall–Kier alpha value is -2.80. The molecule has 0 radical (unpaired) electrons. The lowest BCUT2D eigenvalue weighted by Crippen LogP contribution is -2.38. The molecule has 5 rings (SSSR count). The highest BCUT2D eigenvalue weighted by molar-refractivity contribution is 7.18. The van der Waals surface area contributed by atoms with Crippen LogP contribution in [0.3, 0.4) is 0 Å². The highest BCUT2D eigenvalue weighted by atomic mass is 32.1. The quantitative estimate of drug-likeness (QED) is 0.457. The second-order valence-corrected chi connectivity index (χ2v) is 9.50. The van der Waals surface area contributed by atoms with Crippen molar-refractivity contribution in [3.8, 4) is 0 Å². The SMILES string of the molecule is Cc1cc2nc(C)c(CCC(=O)N3CCCC[C@@H]3c3nc4ccccc4s3)c(C)n2n1. The molecule has 1 fully saturated rings. The zero-order chi connectivity index (χ0) is 21.5. The third kappa shape index (κ3) is 3.71. The maximum Gasteiger partial charge on any atom is 0.223 e. The van der Waals surface area contributed by atoms with Crippen molar-refractivity contribution in [1.29, 1.82) is 0 Å². The molecule has 0 aliphatic carbocycles. The predicted octanol–water partition coefficient (Wildman–Crippen LogP) is 4.95. The van der Waals surface area contributed by atoms with Crippen LogP contribution < -0.4 is 0 Å². The van der Waals surface area contributed by atoms with Crippen LogP contribution in [0.4, 0.5) is 0 Å². The number of aromatic nitrogens is 4. The molecule has 0 N–H and O–H groups in total. The largest absolute Gasteiger partial charge is 0.333 e. The molecular weight excluding hydrogens is 406 g/mol. The smallest absolute Gasteiger partial charge is 0.223 e. The van der Waals surface area contributed by atoms with Gasteiger partial charge in [0.15, 0.2) is 5.65 Å². The van der Waals surface area contributed by atoms with Crippen molar-refractivity contribution < 1.29 is 4.79 Å². The Morgan fingerprint density at radius 1 is 1.16 bits per heavy atom. The number of rotatable bonds is 4. The topological polar surface area (TPSA) is 63.4 Å². The summed E-state index contributed by atoms with van der Waals surface area (Å²) >= 11 is 1.72. The first-order chi connectivity index (χ1) is 15.0. The fourth-order valence-corrected chi connectivity index (χ4v) is 5.81. The number of para-hydroxylation sites is 1. The maximum absolute atomic E-state index is 13.3. The number of piperidine rings is 1. The summed E-state index contributed by atoms with van der Waals surface area (Å²) in [6, 6.07) is 10.3. The Morgan fingerprint density at radius 2 is 2.00 bits per heavy atom. The van der Waals surface area contributed by atoms with Crippen LogP contribution in [0.5, 0.6) is 0 Å². The number of likely N-dealkylation sites (tertiary alicyclic amines) is 1. The van der Waals surface area contributed by atoms with E-state index in [9.17, 15) is 4.79 Å². The van der Waals surface area contributed by atoms with Crippen molar-refractivity contribution in [2.45, 2.75) is 58.9 Å².